The first-order valence-corrected chi connectivity index (χ1v) is 29.0. The Morgan fingerprint density at radius 2 is 0.976 bits per heavy atom. The number of rotatable bonds is 12. The molecule has 3 aromatic heterocycles. The third kappa shape index (κ3) is 11.2. The van der Waals surface area contributed by atoms with Gasteiger partial charge >= 0.3 is 0 Å². The van der Waals surface area contributed by atoms with Crippen LogP contribution in [0.25, 0.3) is 50.1 Å². The minimum Gasteiger partial charge on any atom is -0.510 e. The van der Waals surface area contributed by atoms with Gasteiger partial charge in [-0.2, -0.15) is 12.1 Å². The largest absolute Gasteiger partial charge is 0.510 e. The van der Waals surface area contributed by atoms with Crippen LogP contribution < -0.4 is 9.30 Å². The molecular formula is C77H78N4OPt-2. The van der Waals surface area contributed by atoms with Gasteiger partial charge in [0.05, 0.1) is 17.1 Å². The molecule has 3 heterocycles. The van der Waals surface area contributed by atoms with Gasteiger partial charge in [-0.1, -0.05) is 249 Å². The van der Waals surface area contributed by atoms with Crippen LogP contribution in [0.3, 0.4) is 0 Å². The Labute approximate surface area is 508 Å². The van der Waals surface area contributed by atoms with Gasteiger partial charge in [0.2, 0.25) is 0 Å². The molecule has 0 aliphatic carbocycles. The van der Waals surface area contributed by atoms with Gasteiger partial charge < -0.3 is 13.9 Å². The number of aromatic nitrogens is 4. The van der Waals surface area contributed by atoms with Crippen LogP contribution in [-0.4, -0.2) is 14.1 Å². The van der Waals surface area contributed by atoms with Crippen molar-refractivity contribution < 1.29 is 30.4 Å². The van der Waals surface area contributed by atoms with Gasteiger partial charge in [0, 0.05) is 55.1 Å². The monoisotopic (exact) mass is 1270 g/mol. The molecule has 0 atom stereocenters. The minimum atomic E-state index is -0.578. The SMILES string of the molecule is CC(C)(C)c1cc(-c2ccccc2)cc(-[n+]2[c-]n(-c3[c-]c(Oc4[c-]c5c(cc4)c4cc(C(C)(C)C)ccc4n5-c4cc(C(C)(C)C)ccn4)cc(C(C)(C)c4ccccc4)c3)c(C(C)(C)c3ccccc3)c2C(C)(C)c2ccccc2)c1.[Pt]. The topological polar surface area (TPSA) is 35.9 Å². The number of fused-ring (bicyclic) bond motifs is 3. The Bertz CT molecular complexity index is 4130. The summed E-state index contributed by atoms with van der Waals surface area (Å²) in [5.74, 6) is 1.99. The Hall–Kier alpha value is -7.59. The fourth-order valence-electron chi connectivity index (χ4n) is 11.8. The van der Waals surface area contributed by atoms with Gasteiger partial charge in [0.1, 0.15) is 5.82 Å². The third-order valence-corrected chi connectivity index (χ3v) is 17.1. The molecule has 0 aliphatic heterocycles. The Morgan fingerprint density at radius 1 is 0.422 bits per heavy atom. The van der Waals surface area contributed by atoms with E-state index in [9.17, 15) is 0 Å². The van der Waals surface area contributed by atoms with Crippen LogP contribution in [0.1, 0.15) is 154 Å². The van der Waals surface area contributed by atoms with Crippen LogP contribution in [0, 0.1) is 18.5 Å². The molecule has 0 saturated carbocycles. The first kappa shape index (κ1) is 58.6. The Balaban J connectivity index is 0.00000769. The smallest absolute Gasteiger partial charge is 0.267 e. The van der Waals surface area contributed by atoms with Gasteiger partial charge in [-0.15, -0.1) is 35.2 Å². The van der Waals surface area contributed by atoms with E-state index in [4.69, 9.17) is 9.72 Å². The maximum absolute atomic E-state index is 7.27. The third-order valence-electron chi connectivity index (χ3n) is 17.1. The van der Waals surface area contributed by atoms with Crippen LogP contribution in [0.2, 0.25) is 0 Å². The van der Waals surface area contributed by atoms with E-state index in [1.807, 2.05) is 6.20 Å². The summed E-state index contributed by atoms with van der Waals surface area (Å²) in [4.78, 5) is 5.03. The molecule has 0 radical (unpaired) electrons. The average molecular weight is 1270 g/mol. The molecule has 0 unspecified atom stereocenters. The van der Waals surface area contributed by atoms with Crippen molar-refractivity contribution in [2.75, 3.05) is 0 Å². The zero-order valence-corrected chi connectivity index (χ0v) is 53.3. The standard InChI is InChI=1S/C77H78N4O.Pt/c1-72(2,3)57-36-39-67-66(47-57)65-38-37-63(50-68(65)81(67)69-48-58(40-41-78-69)73(4,5)6)82-64-46-60(75(10,11)54-30-22-17-23-31-54)45-62(49-64)80-51-79(61-43-53(52-28-20-16-21-29-52)42-59(44-61)74(7,8)9)70(76(12,13)55-32-24-18-25-33-55)71(80)77(14,15)56-34-26-19-27-35-56;/h16-48H,1-15H3;/q-2;. The first-order valence-electron chi connectivity index (χ1n) is 29.0. The van der Waals surface area contributed by atoms with E-state index >= 15 is 0 Å². The molecule has 0 bridgehead atoms. The molecule has 0 N–H and O–H groups in total. The molecular weight excluding hydrogens is 1190 g/mol. The number of imidazole rings is 1. The van der Waals surface area contributed by atoms with E-state index in [1.54, 1.807) is 0 Å². The molecule has 0 amide bonds. The molecule has 8 aromatic carbocycles. The molecule has 0 spiro atoms. The van der Waals surface area contributed by atoms with Crippen LogP contribution in [0.4, 0.5) is 0 Å². The minimum absolute atomic E-state index is 0. The summed E-state index contributed by atoms with van der Waals surface area (Å²) < 4.78 is 14.2. The fourth-order valence-corrected chi connectivity index (χ4v) is 11.8. The van der Waals surface area contributed by atoms with Gasteiger partial charge in [-0.25, -0.2) is 4.98 Å². The maximum Gasteiger partial charge on any atom is 0.267 e. The van der Waals surface area contributed by atoms with Gasteiger partial charge in [0.15, 0.2) is 0 Å². The van der Waals surface area contributed by atoms with Crippen molar-refractivity contribution in [1.29, 1.82) is 0 Å². The van der Waals surface area contributed by atoms with Gasteiger partial charge in [-0.05, 0) is 108 Å². The van der Waals surface area contributed by atoms with Crippen molar-refractivity contribution >= 4 is 21.8 Å². The molecule has 83 heavy (non-hydrogen) atoms. The summed E-state index contributed by atoms with van der Waals surface area (Å²) in [5, 5.41) is 2.23. The van der Waals surface area contributed by atoms with E-state index in [1.165, 1.54) is 33.4 Å². The molecule has 11 aromatic rings. The summed E-state index contributed by atoms with van der Waals surface area (Å²) in [6.07, 6.45) is 6.05. The Morgan fingerprint density at radius 3 is 1.57 bits per heavy atom. The predicted molar refractivity (Wildman–Crippen MR) is 340 cm³/mol. The maximum atomic E-state index is 7.27. The molecule has 11 rings (SSSR count). The first-order chi connectivity index (χ1) is 38.8. The molecule has 424 valence electrons. The Kier molecular flexibility index (Phi) is 15.4. The van der Waals surface area contributed by atoms with Crippen LogP contribution in [0.5, 0.6) is 11.5 Å². The number of nitrogens with zero attached hydrogens (tertiary/aromatic N) is 4. The second-order valence-corrected chi connectivity index (χ2v) is 27.1. The van der Waals surface area contributed by atoms with E-state index in [0.717, 1.165) is 67.1 Å². The summed E-state index contributed by atoms with van der Waals surface area (Å²) in [6, 6.07) is 78.1. The summed E-state index contributed by atoms with van der Waals surface area (Å²) in [5.41, 5.74) is 14.8. The zero-order chi connectivity index (χ0) is 58.1. The van der Waals surface area contributed by atoms with E-state index in [0.29, 0.717) is 11.5 Å². The van der Waals surface area contributed by atoms with Crippen LogP contribution in [0.15, 0.2) is 200 Å². The van der Waals surface area contributed by atoms with Crippen molar-refractivity contribution in [3.8, 4) is 39.8 Å². The normalized spacial score (nSPS) is 12.7. The summed E-state index contributed by atoms with van der Waals surface area (Å²) in [7, 11) is 0. The molecule has 5 nitrogen and oxygen atoms in total. The number of hydrogen-bond donors (Lipinski definition) is 0. The van der Waals surface area contributed by atoms with E-state index in [2.05, 4.69) is 330 Å². The van der Waals surface area contributed by atoms with Crippen molar-refractivity contribution in [2.24, 2.45) is 0 Å². The molecule has 0 aliphatic rings. The number of ether oxygens (including phenoxy) is 1. The summed E-state index contributed by atoms with van der Waals surface area (Å²) in [6.45, 7) is 34.5. The second-order valence-electron chi connectivity index (χ2n) is 27.1. The van der Waals surface area contributed by atoms with E-state index in [-0.39, 0.29) is 37.3 Å². The number of pyridine rings is 1. The predicted octanol–water partition coefficient (Wildman–Crippen LogP) is 19.0. The van der Waals surface area contributed by atoms with Gasteiger partial charge in [0.25, 0.3) is 6.33 Å². The average Bonchev–Trinajstić information content (AvgIpc) is 2.00. The fraction of sp³-hybridized carbons (Fsp3) is 0.273. The zero-order valence-electron chi connectivity index (χ0n) is 51.1. The van der Waals surface area contributed by atoms with Gasteiger partial charge in [-0.3, -0.25) is 4.57 Å². The molecule has 6 heteroatoms. The van der Waals surface area contributed by atoms with Crippen molar-refractivity contribution in [3.05, 3.63) is 269 Å². The van der Waals surface area contributed by atoms with Crippen molar-refractivity contribution in [1.82, 2.24) is 14.1 Å². The van der Waals surface area contributed by atoms with Crippen LogP contribution >= 0.6 is 0 Å². The number of hydrogen-bond acceptors (Lipinski definition) is 2. The van der Waals surface area contributed by atoms with E-state index < -0.39 is 16.2 Å². The second kappa shape index (κ2) is 21.9. The molecule has 0 saturated heterocycles. The van der Waals surface area contributed by atoms with Crippen LogP contribution in [-0.2, 0) is 53.6 Å². The van der Waals surface area contributed by atoms with Crippen molar-refractivity contribution in [3.63, 3.8) is 0 Å². The quantitative estimate of drug-likeness (QED) is 0.0903. The summed E-state index contributed by atoms with van der Waals surface area (Å²) >= 11 is 0. The molecule has 0 fully saturated rings. The van der Waals surface area contributed by atoms with Crippen molar-refractivity contribution in [2.45, 2.75) is 136 Å². The number of benzene rings is 8.